The Bertz CT molecular complexity index is 570. The minimum atomic E-state index is -3.27. The lowest BCUT2D eigenvalue weighted by atomic mass is 9.92. The van der Waals surface area contributed by atoms with Crippen LogP contribution in [0.15, 0.2) is 24.3 Å². The van der Waals surface area contributed by atoms with Crippen molar-refractivity contribution in [1.82, 2.24) is 0 Å². The first kappa shape index (κ1) is 16.0. The first-order chi connectivity index (χ1) is 9.94. The number of Topliss-reactive ketones (excluding diaryl/α,β-unsaturated/α-hetero) is 1. The molecule has 1 saturated carbocycles. The highest BCUT2D eigenvalue weighted by Gasteiger charge is 2.17. The van der Waals surface area contributed by atoms with Gasteiger partial charge >= 0.3 is 0 Å². The van der Waals surface area contributed by atoms with E-state index in [1.165, 1.54) is 25.7 Å². The zero-order chi connectivity index (χ0) is 15.3. The van der Waals surface area contributed by atoms with Crippen LogP contribution in [-0.2, 0) is 10.0 Å². The lowest BCUT2D eigenvalue weighted by Crippen LogP contribution is -2.10. The highest BCUT2D eigenvalue weighted by molar-refractivity contribution is 7.92. The fourth-order valence-electron chi connectivity index (χ4n) is 2.89. The molecule has 4 nitrogen and oxygen atoms in total. The SMILES string of the molecule is CS(=O)(=O)Nc1ccc(C(=O)CC2CCCCCC2)cc1. The van der Waals surface area contributed by atoms with Crippen molar-refractivity contribution in [2.45, 2.75) is 44.9 Å². The Balaban J connectivity index is 1.96. The zero-order valence-electron chi connectivity index (χ0n) is 12.5. The molecule has 1 aromatic rings. The summed E-state index contributed by atoms with van der Waals surface area (Å²) in [7, 11) is -3.27. The molecule has 0 radical (unpaired) electrons. The van der Waals surface area contributed by atoms with E-state index in [2.05, 4.69) is 4.72 Å². The topological polar surface area (TPSA) is 63.2 Å². The minimum absolute atomic E-state index is 0.160. The molecule has 1 aliphatic rings. The Morgan fingerprint density at radius 2 is 1.67 bits per heavy atom. The number of hydrogen-bond acceptors (Lipinski definition) is 3. The van der Waals surface area contributed by atoms with E-state index in [9.17, 15) is 13.2 Å². The molecule has 1 fully saturated rings. The van der Waals surface area contributed by atoms with Crippen LogP contribution >= 0.6 is 0 Å². The van der Waals surface area contributed by atoms with Crippen LogP contribution in [0.3, 0.4) is 0 Å². The first-order valence-corrected chi connectivity index (χ1v) is 9.44. The van der Waals surface area contributed by atoms with Crippen LogP contribution in [0.25, 0.3) is 0 Å². The quantitative estimate of drug-likeness (QED) is 0.667. The van der Waals surface area contributed by atoms with Crippen LogP contribution in [0.1, 0.15) is 55.3 Å². The number of nitrogens with one attached hydrogen (secondary N) is 1. The number of benzene rings is 1. The number of hydrogen-bond donors (Lipinski definition) is 1. The van der Waals surface area contributed by atoms with Crippen molar-refractivity contribution in [2.24, 2.45) is 5.92 Å². The molecule has 0 bridgehead atoms. The van der Waals surface area contributed by atoms with Gasteiger partial charge in [0.2, 0.25) is 10.0 Å². The van der Waals surface area contributed by atoms with E-state index in [0.29, 0.717) is 23.6 Å². The molecular weight excluding hydrogens is 286 g/mol. The van der Waals surface area contributed by atoms with E-state index in [-0.39, 0.29) is 5.78 Å². The highest BCUT2D eigenvalue weighted by Crippen LogP contribution is 2.26. The Labute approximate surface area is 127 Å². The number of ketones is 1. The third kappa shape index (κ3) is 5.50. The molecule has 2 rings (SSSR count). The van der Waals surface area contributed by atoms with Gasteiger partial charge in [-0.2, -0.15) is 0 Å². The molecule has 0 atom stereocenters. The molecule has 0 aromatic heterocycles. The third-order valence-corrected chi connectivity index (χ3v) is 4.57. The summed E-state index contributed by atoms with van der Waals surface area (Å²) < 4.78 is 24.7. The molecular formula is C16H23NO3S. The largest absolute Gasteiger partial charge is 0.294 e. The van der Waals surface area contributed by atoms with E-state index >= 15 is 0 Å². The van der Waals surface area contributed by atoms with Crippen molar-refractivity contribution in [2.75, 3.05) is 11.0 Å². The smallest absolute Gasteiger partial charge is 0.229 e. The fraction of sp³-hybridized carbons (Fsp3) is 0.562. The molecule has 1 aromatic carbocycles. The number of anilines is 1. The van der Waals surface area contributed by atoms with Crippen LogP contribution in [0.5, 0.6) is 0 Å². The summed E-state index contributed by atoms with van der Waals surface area (Å²) in [6.07, 6.45) is 9.06. The second-order valence-electron chi connectivity index (χ2n) is 5.94. The van der Waals surface area contributed by atoms with Gasteiger partial charge in [0.05, 0.1) is 6.26 Å². The van der Waals surface area contributed by atoms with Crippen LogP contribution in [0, 0.1) is 5.92 Å². The molecule has 0 heterocycles. The van der Waals surface area contributed by atoms with Gasteiger partial charge < -0.3 is 0 Å². The van der Waals surface area contributed by atoms with Crippen molar-refractivity contribution < 1.29 is 13.2 Å². The Morgan fingerprint density at radius 3 is 2.19 bits per heavy atom. The predicted octanol–water partition coefficient (Wildman–Crippen LogP) is 3.60. The summed E-state index contributed by atoms with van der Waals surface area (Å²) in [6, 6.07) is 6.68. The van der Waals surface area contributed by atoms with Gasteiger partial charge in [0, 0.05) is 17.7 Å². The van der Waals surface area contributed by atoms with E-state index in [1.807, 2.05) is 0 Å². The Morgan fingerprint density at radius 1 is 1.10 bits per heavy atom. The van der Waals surface area contributed by atoms with Gasteiger partial charge in [0.15, 0.2) is 5.78 Å². The average molecular weight is 309 g/mol. The van der Waals surface area contributed by atoms with E-state index in [4.69, 9.17) is 0 Å². The monoisotopic (exact) mass is 309 g/mol. The summed E-state index contributed by atoms with van der Waals surface area (Å²) in [5.41, 5.74) is 1.15. The van der Waals surface area contributed by atoms with Crippen LogP contribution < -0.4 is 4.72 Å². The number of rotatable bonds is 5. The Kier molecular flexibility index (Phi) is 5.39. The summed E-state index contributed by atoms with van der Waals surface area (Å²) >= 11 is 0. The minimum Gasteiger partial charge on any atom is -0.294 e. The predicted molar refractivity (Wildman–Crippen MR) is 85.0 cm³/mol. The molecule has 0 unspecified atom stereocenters. The molecule has 1 aliphatic carbocycles. The maximum atomic E-state index is 12.3. The molecule has 1 N–H and O–H groups in total. The van der Waals surface area contributed by atoms with Gasteiger partial charge in [-0.05, 0) is 30.2 Å². The van der Waals surface area contributed by atoms with Crippen LogP contribution in [0.2, 0.25) is 0 Å². The lowest BCUT2D eigenvalue weighted by molar-refractivity contribution is 0.0957. The van der Waals surface area contributed by atoms with Crippen molar-refractivity contribution >= 4 is 21.5 Å². The van der Waals surface area contributed by atoms with Crippen molar-refractivity contribution in [1.29, 1.82) is 0 Å². The first-order valence-electron chi connectivity index (χ1n) is 7.55. The van der Waals surface area contributed by atoms with Gasteiger partial charge in [-0.1, -0.05) is 38.5 Å². The third-order valence-electron chi connectivity index (χ3n) is 3.96. The van der Waals surface area contributed by atoms with Gasteiger partial charge in [0.1, 0.15) is 0 Å². The van der Waals surface area contributed by atoms with E-state index in [1.54, 1.807) is 24.3 Å². The molecule has 0 saturated heterocycles. The van der Waals surface area contributed by atoms with Crippen LogP contribution in [-0.4, -0.2) is 20.5 Å². The normalized spacial score (nSPS) is 17.2. The maximum Gasteiger partial charge on any atom is 0.229 e. The van der Waals surface area contributed by atoms with Gasteiger partial charge in [-0.25, -0.2) is 8.42 Å². The zero-order valence-corrected chi connectivity index (χ0v) is 13.3. The summed E-state index contributed by atoms with van der Waals surface area (Å²) in [4.78, 5) is 12.3. The van der Waals surface area contributed by atoms with E-state index in [0.717, 1.165) is 19.1 Å². The molecule has 5 heteroatoms. The standard InChI is InChI=1S/C16H23NO3S/c1-21(19,20)17-15-10-8-14(9-11-15)16(18)12-13-6-4-2-3-5-7-13/h8-11,13,17H,2-7,12H2,1H3. The Hall–Kier alpha value is -1.36. The highest BCUT2D eigenvalue weighted by atomic mass is 32.2. The molecule has 0 amide bonds. The second kappa shape index (κ2) is 7.07. The summed E-state index contributed by atoms with van der Waals surface area (Å²) in [5, 5.41) is 0. The summed E-state index contributed by atoms with van der Waals surface area (Å²) in [6.45, 7) is 0. The molecule has 0 spiro atoms. The maximum absolute atomic E-state index is 12.3. The van der Waals surface area contributed by atoms with Crippen molar-refractivity contribution in [3.8, 4) is 0 Å². The molecule has 0 aliphatic heterocycles. The lowest BCUT2D eigenvalue weighted by Gasteiger charge is -2.13. The van der Waals surface area contributed by atoms with Gasteiger partial charge in [-0.15, -0.1) is 0 Å². The van der Waals surface area contributed by atoms with Crippen LogP contribution in [0.4, 0.5) is 5.69 Å². The number of carbonyl (C=O) groups is 1. The average Bonchev–Trinajstić information content (AvgIpc) is 2.66. The number of carbonyl (C=O) groups excluding carboxylic acids is 1. The molecule has 21 heavy (non-hydrogen) atoms. The van der Waals surface area contributed by atoms with Gasteiger partial charge in [-0.3, -0.25) is 9.52 Å². The van der Waals surface area contributed by atoms with Crippen molar-refractivity contribution in [3.05, 3.63) is 29.8 Å². The number of sulfonamides is 1. The fourth-order valence-corrected chi connectivity index (χ4v) is 3.45. The van der Waals surface area contributed by atoms with Crippen molar-refractivity contribution in [3.63, 3.8) is 0 Å². The van der Waals surface area contributed by atoms with E-state index < -0.39 is 10.0 Å². The van der Waals surface area contributed by atoms with Gasteiger partial charge in [0.25, 0.3) is 0 Å². The summed E-state index contributed by atoms with van der Waals surface area (Å²) in [5.74, 6) is 0.668. The molecule has 116 valence electrons. The second-order valence-corrected chi connectivity index (χ2v) is 7.68.